The van der Waals surface area contributed by atoms with Crippen LogP contribution in [0.15, 0.2) is 0 Å². The molecule has 1 aliphatic rings. The molecule has 1 heterocycles. The summed E-state index contributed by atoms with van der Waals surface area (Å²) in [5, 5.41) is 12.5. The van der Waals surface area contributed by atoms with Crippen LogP contribution in [0.25, 0.3) is 0 Å². The normalized spacial score (nSPS) is 36.6. The molecule has 0 spiro atoms. The number of hydrogen-bond donors (Lipinski definition) is 3. The first-order chi connectivity index (χ1) is 4.80. The Bertz CT molecular complexity index is 85.6. The van der Waals surface area contributed by atoms with Crippen molar-refractivity contribution in [3.8, 4) is 0 Å². The Morgan fingerprint density at radius 2 is 2.20 bits per heavy atom. The predicted molar refractivity (Wildman–Crippen MR) is 40.7 cm³/mol. The fourth-order valence-electron chi connectivity index (χ4n) is 1.22. The quantitative estimate of drug-likeness (QED) is 0.427. The van der Waals surface area contributed by atoms with Crippen molar-refractivity contribution in [3.05, 3.63) is 0 Å². The molecule has 0 radical (unpaired) electrons. The van der Waals surface area contributed by atoms with E-state index in [1.54, 1.807) is 0 Å². The average molecular weight is 144 g/mol. The van der Waals surface area contributed by atoms with Gasteiger partial charge >= 0.3 is 0 Å². The average Bonchev–Trinajstić information content (AvgIpc) is 1.92. The van der Waals surface area contributed by atoms with E-state index >= 15 is 0 Å². The van der Waals surface area contributed by atoms with Gasteiger partial charge in [-0.3, -0.25) is 0 Å². The highest BCUT2D eigenvalue weighted by Gasteiger charge is 2.15. The Hall–Kier alpha value is -0.120. The van der Waals surface area contributed by atoms with Gasteiger partial charge in [-0.1, -0.05) is 0 Å². The zero-order chi connectivity index (χ0) is 7.40. The summed E-state index contributed by atoms with van der Waals surface area (Å²) in [7, 11) is 0. The van der Waals surface area contributed by atoms with Crippen LogP contribution in [0, 0.1) is 0 Å². The summed E-state index contributed by atoms with van der Waals surface area (Å²) in [6, 6.07) is -0.0692. The van der Waals surface area contributed by atoms with E-state index in [9.17, 15) is 5.11 Å². The van der Waals surface area contributed by atoms with Crippen LogP contribution < -0.4 is 11.1 Å². The summed E-state index contributed by atoms with van der Waals surface area (Å²) in [5.41, 5.74) is 5.64. The van der Waals surface area contributed by atoms with Crippen molar-refractivity contribution in [2.24, 2.45) is 5.73 Å². The Kier molecular flexibility index (Phi) is 3.12. The van der Waals surface area contributed by atoms with Gasteiger partial charge in [0.1, 0.15) is 0 Å². The van der Waals surface area contributed by atoms with Crippen LogP contribution in [0.2, 0.25) is 0 Å². The van der Waals surface area contributed by atoms with Crippen LogP contribution in [-0.2, 0) is 0 Å². The fourth-order valence-corrected chi connectivity index (χ4v) is 1.22. The van der Waals surface area contributed by atoms with Gasteiger partial charge in [-0.15, -0.1) is 0 Å². The molecule has 0 aromatic rings. The molecule has 60 valence electrons. The molecule has 0 aromatic carbocycles. The van der Waals surface area contributed by atoms with Gasteiger partial charge in [0, 0.05) is 12.6 Å². The van der Waals surface area contributed by atoms with E-state index in [1.165, 1.54) is 0 Å². The van der Waals surface area contributed by atoms with Gasteiger partial charge in [-0.25, -0.2) is 0 Å². The highest BCUT2D eigenvalue weighted by molar-refractivity contribution is 4.76. The molecule has 0 aromatic heterocycles. The number of hydrogen-bond acceptors (Lipinski definition) is 3. The molecule has 0 saturated carbocycles. The second-order valence-corrected chi connectivity index (χ2v) is 2.93. The zero-order valence-corrected chi connectivity index (χ0v) is 6.21. The molecule has 1 aliphatic heterocycles. The van der Waals surface area contributed by atoms with E-state index < -0.39 is 0 Å². The van der Waals surface area contributed by atoms with Gasteiger partial charge in [-0.05, 0) is 25.8 Å². The Labute approximate surface area is 61.6 Å². The summed E-state index contributed by atoms with van der Waals surface area (Å²) in [6.45, 7) is 1.79. The van der Waals surface area contributed by atoms with E-state index in [-0.39, 0.29) is 12.1 Å². The van der Waals surface area contributed by atoms with Crippen molar-refractivity contribution < 1.29 is 5.11 Å². The highest BCUT2D eigenvalue weighted by atomic mass is 16.3. The smallest absolute Gasteiger partial charge is 0.0703 e. The SMILES string of the molecule is N[C@@H]1CNCCCC[C@H]1O. The van der Waals surface area contributed by atoms with Crippen LogP contribution in [0.1, 0.15) is 19.3 Å². The molecule has 0 unspecified atom stereocenters. The van der Waals surface area contributed by atoms with Crippen molar-refractivity contribution in [1.29, 1.82) is 0 Å². The van der Waals surface area contributed by atoms with Crippen LogP contribution in [-0.4, -0.2) is 30.3 Å². The second-order valence-electron chi connectivity index (χ2n) is 2.93. The molecular weight excluding hydrogens is 128 g/mol. The Balaban J connectivity index is 2.28. The summed E-state index contributed by atoms with van der Waals surface area (Å²) >= 11 is 0. The summed E-state index contributed by atoms with van der Waals surface area (Å²) in [5.74, 6) is 0. The van der Waals surface area contributed by atoms with Crippen LogP contribution >= 0.6 is 0 Å². The molecule has 0 bridgehead atoms. The van der Waals surface area contributed by atoms with Gasteiger partial charge in [0.2, 0.25) is 0 Å². The first-order valence-electron chi connectivity index (χ1n) is 3.95. The topological polar surface area (TPSA) is 58.3 Å². The minimum absolute atomic E-state index is 0.0692. The zero-order valence-electron chi connectivity index (χ0n) is 6.21. The van der Waals surface area contributed by atoms with E-state index in [0.29, 0.717) is 0 Å². The minimum Gasteiger partial charge on any atom is -0.391 e. The van der Waals surface area contributed by atoms with Crippen molar-refractivity contribution in [2.45, 2.75) is 31.4 Å². The Morgan fingerprint density at radius 3 is 3.00 bits per heavy atom. The molecule has 0 amide bonds. The van der Waals surface area contributed by atoms with Crippen molar-refractivity contribution in [2.75, 3.05) is 13.1 Å². The van der Waals surface area contributed by atoms with Crippen molar-refractivity contribution in [1.82, 2.24) is 5.32 Å². The van der Waals surface area contributed by atoms with Crippen LogP contribution in [0.3, 0.4) is 0 Å². The van der Waals surface area contributed by atoms with Gasteiger partial charge in [0.05, 0.1) is 6.10 Å². The molecule has 1 saturated heterocycles. The number of rotatable bonds is 0. The molecular formula is C7H16N2O. The molecule has 0 aliphatic carbocycles. The summed E-state index contributed by atoms with van der Waals surface area (Å²) in [6.07, 6.45) is 2.81. The van der Waals surface area contributed by atoms with Gasteiger partial charge < -0.3 is 16.2 Å². The molecule has 1 fully saturated rings. The summed E-state index contributed by atoms with van der Waals surface area (Å²) < 4.78 is 0. The van der Waals surface area contributed by atoms with Crippen molar-refractivity contribution >= 4 is 0 Å². The molecule has 10 heavy (non-hydrogen) atoms. The maximum atomic E-state index is 9.32. The maximum absolute atomic E-state index is 9.32. The lowest BCUT2D eigenvalue weighted by Crippen LogP contribution is -2.44. The van der Waals surface area contributed by atoms with E-state index in [0.717, 1.165) is 32.4 Å². The first kappa shape index (κ1) is 7.98. The maximum Gasteiger partial charge on any atom is 0.0703 e. The van der Waals surface area contributed by atoms with Gasteiger partial charge in [0.15, 0.2) is 0 Å². The van der Waals surface area contributed by atoms with Crippen molar-refractivity contribution in [3.63, 3.8) is 0 Å². The molecule has 1 rings (SSSR count). The number of aliphatic hydroxyl groups excluding tert-OH is 1. The standard InChI is InChI=1S/C7H16N2O/c8-6-5-9-4-2-1-3-7(6)10/h6-7,9-10H,1-5,8H2/t6-,7-/m1/s1. The molecule has 4 N–H and O–H groups in total. The molecule has 3 heteroatoms. The number of aliphatic hydroxyl groups is 1. The monoisotopic (exact) mass is 144 g/mol. The highest BCUT2D eigenvalue weighted by Crippen LogP contribution is 2.05. The van der Waals surface area contributed by atoms with E-state index in [4.69, 9.17) is 5.73 Å². The van der Waals surface area contributed by atoms with E-state index in [2.05, 4.69) is 5.32 Å². The predicted octanol–water partition coefficient (Wildman–Crippen LogP) is -0.552. The summed E-state index contributed by atoms with van der Waals surface area (Å²) in [4.78, 5) is 0. The van der Waals surface area contributed by atoms with Crippen LogP contribution in [0.5, 0.6) is 0 Å². The lowest BCUT2D eigenvalue weighted by atomic mass is 10.0. The number of nitrogens with two attached hydrogens (primary N) is 1. The second kappa shape index (κ2) is 3.91. The molecule has 2 atom stereocenters. The third-order valence-corrected chi connectivity index (χ3v) is 1.98. The van der Waals surface area contributed by atoms with Crippen LogP contribution in [0.4, 0.5) is 0 Å². The lowest BCUT2D eigenvalue weighted by Gasteiger charge is -2.21. The first-order valence-corrected chi connectivity index (χ1v) is 3.95. The fraction of sp³-hybridized carbons (Fsp3) is 1.00. The van der Waals surface area contributed by atoms with Gasteiger partial charge in [-0.2, -0.15) is 0 Å². The third-order valence-electron chi connectivity index (χ3n) is 1.98. The lowest BCUT2D eigenvalue weighted by molar-refractivity contribution is 0.125. The largest absolute Gasteiger partial charge is 0.391 e. The minimum atomic E-state index is -0.298. The van der Waals surface area contributed by atoms with E-state index in [1.807, 2.05) is 0 Å². The molecule has 3 nitrogen and oxygen atoms in total. The Morgan fingerprint density at radius 1 is 1.40 bits per heavy atom. The third kappa shape index (κ3) is 2.25. The van der Waals surface area contributed by atoms with Gasteiger partial charge in [0.25, 0.3) is 0 Å². The number of nitrogens with one attached hydrogen (secondary N) is 1.